The van der Waals surface area contributed by atoms with Crippen molar-refractivity contribution in [2.75, 3.05) is 5.32 Å². The Hall–Kier alpha value is -2.07. The van der Waals surface area contributed by atoms with Crippen molar-refractivity contribution in [2.24, 2.45) is 0 Å². The second-order valence-electron chi connectivity index (χ2n) is 4.39. The molecule has 0 aliphatic rings. The van der Waals surface area contributed by atoms with E-state index in [1.54, 1.807) is 18.2 Å². The zero-order valence-electron chi connectivity index (χ0n) is 10.9. The van der Waals surface area contributed by atoms with Gasteiger partial charge in [-0.1, -0.05) is 34.1 Å². The number of phenolic OH excluding ortho intramolecular Hbond substituents is 1. The molecular weight excluding hydrogens is 318 g/mol. The standard InChI is InChI=1S/C16H14BrNO2/c1-11-2-8-14(15(19)10-11)18-16(20)9-5-12-3-6-13(17)7-4-12/h2-10,19H,1H3,(H,18,20)/b9-5+. The van der Waals surface area contributed by atoms with E-state index in [4.69, 9.17) is 0 Å². The lowest BCUT2D eigenvalue weighted by molar-refractivity contribution is -0.111. The topological polar surface area (TPSA) is 49.3 Å². The van der Waals surface area contributed by atoms with Gasteiger partial charge in [-0.25, -0.2) is 0 Å². The van der Waals surface area contributed by atoms with E-state index >= 15 is 0 Å². The number of rotatable bonds is 3. The number of hydrogen-bond donors (Lipinski definition) is 2. The lowest BCUT2D eigenvalue weighted by Gasteiger charge is -2.05. The second-order valence-corrected chi connectivity index (χ2v) is 5.31. The molecular formula is C16H14BrNO2. The Kier molecular flexibility index (Phi) is 4.58. The van der Waals surface area contributed by atoms with Gasteiger partial charge in [0.1, 0.15) is 5.75 Å². The van der Waals surface area contributed by atoms with E-state index in [1.165, 1.54) is 6.08 Å². The predicted octanol–water partition coefficient (Wildman–Crippen LogP) is 4.12. The summed E-state index contributed by atoms with van der Waals surface area (Å²) in [7, 11) is 0. The lowest BCUT2D eigenvalue weighted by atomic mass is 10.2. The van der Waals surface area contributed by atoms with Gasteiger partial charge in [0.25, 0.3) is 0 Å². The van der Waals surface area contributed by atoms with Crippen molar-refractivity contribution in [3.05, 3.63) is 64.1 Å². The number of amides is 1. The lowest BCUT2D eigenvalue weighted by Crippen LogP contribution is -2.07. The third-order valence-corrected chi connectivity index (χ3v) is 3.24. The number of benzene rings is 2. The van der Waals surface area contributed by atoms with Crippen LogP contribution in [0.3, 0.4) is 0 Å². The summed E-state index contributed by atoms with van der Waals surface area (Å²) >= 11 is 3.35. The van der Waals surface area contributed by atoms with Crippen LogP contribution in [0.5, 0.6) is 5.75 Å². The maximum Gasteiger partial charge on any atom is 0.248 e. The van der Waals surface area contributed by atoms with Crippen LogP contribution >= 0.6 is 15.9 Å². The summed E-state index contributed by atoms with van der Waals surface area (Å²) < 4.78 is 0.990. The van der Waals surface area contributed by atoms with Crippen LogP contribution in [0.1, 0.15) is 11.1 Å². The number of nitrogens with one attached hydrogen (secondary N) is 1. The maximum atomic E-state index is 11.8. The van der Waals surface area contributed by atoms with E-state index in [9.17, 15) is 9.90 Å². The van der Waals surface area contributed by atoms with Gasteiger partial charge in [0.05, 0.1) is 5.69 Å². The van der Waals surface area contributed by atoms with Crippen molar-refractivity contribution in [1.82, 2.24) is 0 Å². The molecule has 0 aromatic heterocycles. The summed E-state index contributed by atoms with van der Waals surface area (Å²) in [6.07, 6.45) is 3.15. The Morgan fingerprint density at radius 1 is 1.20 bits per heavy atom. The summed E-state index contributed by atoms with van der Waals surface area (Å²) in [5, 5.41) is 12.3. The molecule has 20 heavy (non-hydrogen) atoms. The van der Waals surface area contributed by atoms with E-state index in [1.807, 2.05) is 37.3 Å². The van der Waals surface area contributed by atoms with Crippen LogP contribution in [0.2, 0.25) is 0 Å². The molecule has 2 rings (SSSR count). The fourth-order valence-electron chi connectivity index (χ4n) is 1.67. The Morgan fingerprint density at radius 2 is 1.90 bits per heavy atom. The van der Waals surface area contributed by atoms with Crippen LogP contribution in [0.15, 0.2) is 53.0 Å². The highest BCUT2D eigenvalue weighted by atomic mass is 79.9. The predicted molar refractivity (Wildman–Crippen MR) is 84.6 cm³/mol. The molecule has 0 radical (unpaired) electrons. The molecule has 3 nitrogen and oxygen atoms in total. The minimum atomic E-state index is -0.285. The average Bonchev–Trinajstić information content (AvgIpc) is 2.41. The molecule has 0 fully saturated rings. The van der Waals surface area contributed by atoms with Gasteiger partial charge < -0.3 is 10.4 Å². The summed E-state index contributed by atoms with van der Waals surface area (Å²) in [6.45, 7) is 1.87. The molecule has 0 bridgehead atoms. The molecule has 2 aromatic carbocycles. The van der Waals surface area contributed by atoms with Crippen molar-refractivity contribution in [1.29, 1.82) is 0 Å². The summed E-state index contributed by atoms with van der Waals surface area (Å²) in [5.74, 6) is -0.220. The number of aromatic hydroxyl groups is 1. The molecule has 0 aliphatic carbocycles. The number of anilines is 1. The Labute approximate surface area is 126 Å². The van der Waals surface area contributed by atoms with Gasteiger partial charge in [-0.05, 0) is 48.4 Å². The van der Waals surface area contributed by atoms with Crippen LogP contribution < -0.4 is 5.32 Å². The summed E-state index contributed by atoms with van der Waals surface area (Å²) in [6, 6.07) is 12.7. The Balaban J connectivity index is 2.03. The largest absolute Gasteiger partial charge is 0.506 e. The average molecular weight is 332 g/mol. The molecule has 0 heterocycles. The van der Waals surface area contributed by atoms with E-state index in [0.29, 0.717) is 5.69 Å². The normalized spacial score (nSPS) is 10.7. The minimum Gasteiger partial charge on any atom is -0.506 e. The number of aryl methyl sites for hydroxylation is 1. The molecule has 4 heteroatoms. The van der Waals surface area contributed by atoms with Crippen molar-refractivity contribution in [3.63, 3.8) is 0 Å². The SMILES string of the molecule is Cc1ccc(NC(=O)/C=C/c2ccc(Br)cc2)c(O)c1. The first-order valence-electron chi connectivity index (χ1n) is 6.09. The molecule has 2 aromatic rings. The van der Waals surface area contributed by atoms with Crippen LogP contribution in [-0.4, -0.2) is 11.0 Å². The molecule has 0 aliphatic heterocycles. The van der Waals surface area contributed by atoms with Crippen molar-refractivity contribution in [3.8, 4) is 5.75 Å². The smallest absolute Gasteiger partial charge is 0.248 e. The quantitative estimate of drug-likeness (QED) is 0.656. The molecule has 0 atom stereocenters. The van der Waals surface area contributed by atoms with Gasteiger partial charge in [-0.3, -0.25) is 4.79 Å². The third-order valence-electron chi connectivity index (χ3n) is 2.71. The van der Waals surface area contributed by atoms with E-state index in [-0.39, 0.29) is 11.7 Å². The van der Waals surface area contributed by atoms with Crippen LogP contribution in [0.4, 0.5) is 5.69 Å². The number of hydrogen-bond acceptors (Lipinski definition) is 2. The van der Waals surface area contributed by atoms with Gasteiger partial charge in [0.15, 0.2) is 0 Å². The maximum absolute atomic E-state index is 11.8. The Bertz CT molecular complexity index is 648. The van der Waals surface area contributed by atoms with Gasteiger partial charge in [-0.2, -0.15) is 0 Å². The zero-order chi connectivity index (χ0) is 14.5. The Morgan fingerprint density at radius 3 is 2.55 bits per heavy atom. The summed E-state index contributed by atoms with van der Waals surface area (Å²) in [4.78, 5) is 11.8. The zero-order valence-corrected chi connectivity index (χ0v) is 12.5. The van der Waals surface area contributed by atoms with Crippen LogP contribution in [0, 0.1) is 6.92 Å². The van der Waals surface area contributed by atoms with Crippen molar-refractivity contribution >= 4 is 33.6 Å². The second kappa shape index (κ2) is 6.39. The molecule has 0 saturated carbocycles. The van der Waals surface area contributed by atoms with E-state index < -0.39 is 0 Å². The molecule has 0 saturated heterocycles. The van der Waals surface area contributed by atoms with Crippen LogP contribution in [0.25, 0.3) is 6.08 Å². The number of phenols is 1. The molecule has 0 unspecified atom stereocenters. The van der Waals surface area contributed by atoms with E-state index in [2.05, 4.69) is 21.2 Å². The molecule has 0 spiro atoms. The highest BCUT2D eigenvalue weighted by Crippen LogP contribution is 2.23. The first-order valence-corrected chi connectivity index (χ1v) is 6.88. The van der Waals surface area contributed by atoms with Crippen LogP contribution in [-0.2, 0) is 4.79 Å². The molecule has 2 N–H and O–H groups in total. The number of halogens is 1. The molecule has 1 amide bonds. The first kappa shape index (κ1) is 14.3. The number of carbonyl (C=O) groups excluding carboxylic acids is 1. The third kappa shape index (κ3) is 3.96. The fraction of sp³-hybridized carbons (Fsp3) is 0.0625. The van der Waals surface area contributed by atoms with Crippen molar-refractivity contribution < 1.29 is 9.90 Å². The van der Waals surface area contributed by atoms with Gasteiger partial charge in [-0.15, -0.1) is 0 Å². The first-order chi connectivity index (χ1) is 9.54. The highest BCUT2D eigenvalue weighted by Gasteiger charge is 2.03. The summed E-state index contributed by atoms with van der Waals surface area (Å²) in [5.41, 5.74) is 2.27. The minimum absolute atomic E-state index is 0.0652. The van der Waals surface area contributed by atoms with Crippen molar-refractivity contribution in [2.45, 2.75) is 6.92 Å². The number of carbonyl (C=O) groups is 1. The van der Waals surface area contributed by atoms with Gasteiger partial charge in [0, 0.05) is 10.5 Å². The van der Waals surface area contributed by atoms with E-state index in [0.717, 1.165) is 15.6 Å². The van der Waals surface area contributed by atoms with Gasteiger partial charge in [0.2, 0.25) is 5.91 Å². The highest BCUT2D eigenvalue weighted by molar-refractivity contribution is 9.10. The monoisotopic (exact) mass is 331 g/mol. The molecule has 102 valence electrons. The fourth-order valence-corrected chi connectivity index (χ4v) is 1.93. The van der Waals surface area contributed by atoms with Gasteiger partial charge >= 0.3 is 0 Å².